The number of benzene rings is 1. The predicted molar refractivity (Wildman–Crippen MR) is 72.0 cm³/mol. The van der Waals surface area contributed by atoms with Crippen LogP contribution >= 0.6 is 0 Å². The second-order valence-corrected chi connectivity index (χ2v) is 5.22. The van der Waals surface area contributed by atoms with Crippen molar-refractivity contribution in [1.82, 2.24) is 4.90 Å². The van der Waals surface area contributed by atoms with E-state index in [1.807, 2.05) is 42.3 Å². The van der Waals surface area contributed by atoms with Crippen LogP contribution in [-0.4, -0.2) is 17.9 Å². The van der Waals surface area contributed by atoms with Crippen molar-refractivity contribution in [3.63, 3.8) is 0 Å². The zero-order valence-electron chi connectivity index (χ0n) is 10.8. The first-order chi connectivity index (χ1) is 8.66. The monoisotopic (exact) mass is 239 g/mol. The molecule has 0 aromatic heterocycles. The Morgan fingerprint density at radius 1 is 1.28 bits per heavy atom. The van der Waals surface area contributed by atoms with Crippen LogP contribution in [-0.2, 0) is 0 Å². The van der Waals surface area contributed by atoms with Gasteiger partial charge in [0.25, 0.3) is 5.91 Å². The summed E-state index contributed by atoms with van der Waals surface area (Å²) in [7, 11) is 1.88. The second kappa shape index (κ2) is 4.13. The number of hydrogen-bond donors (Lipinski definition) is 0. The first-order valence-electron chi connectivity index (χ1n) is 6.40. The highest BCUT2D eigenvalue weighted by Gasteiger charge is 2.42. The van der Waals surface area contributed by atoms with Crippen molar-refractivity contribution in [2.24, 2.45) is 11.8 Å². The molecule has 1 aromatic carbocycles. The van der Waals surface area contributed by atoms with Crippen LogP contribution in [0.4, 0.5) is 0 Å². The molecule has 2 heteroatoms. The first kappa shape index (κ1) is 11.3. The largest absolute Gasteiger partial charge is 0.315 e. The molecule has 0 N–H and O–H groups in total. The Morgan fingerprint density at radius 2 is 2.00 bits per heavy atom. The van der Waals surface area contributed by atoms with Gasteiger partial charge in [-0.3, -0.25) is 4.79 Å². The number of carbonyl (C=O) groups is 1. The number of carbonyl (C=O) groups excluding carboxylic acids is 1. The van der Waals surface area contributed by atoms with E-state index in [4.69, 9.17) is 0 Å². The standard InChI is InChI=1S/C16H17NO/c1-11-8-13-10-14(13)15(9-11)17(2)16(18)12-6-4-3-5-7-12/h3-9,13-14H,10H2,1-2H3. The van der Waals surface area contributed by atoms with Crippen LogP contribution < -0.4 is 0 Å². The minimum atomic E-state index is 0.0854. The van der Waals surface area contributed by atoms with Gasteiger partial charge in [0.1, 0.15) is 0 Å². The Labute approximate surface area is 108 Å². The lowest BCUT2D eigenvalue weighted by atomic mass is 10.0. The molecular formula is C16H17NO. The third-order valence-corrected chi connectivity index (χ3v) is 3.78. The van der Waals surface area contributed by atoms with E-state index in [1.54, 1.807) is 0 Å². The van der Waals surface area contributed by atoms with E-state index in [1.165, 1.54) is 17.7 Å². The minimum Gasteiger partial charge on any atom is -0.315 e. The molecule has 2 unspecified atom stereocenters. The Morgan fingerprint density at radius 3 is 2.72 bits per heavy atom. The number of amides is 1. The fourth-order valence-corrected chi connectivity index (χ4v) is 2.70. The van der Waals surface area contributed by atoms with Gasteiger partial charge in [0, 0.05) is 24.2 Å². The summed E-state index contributed by atoms with van der Waals surface area (Å²) in [6, 6.07) is 9.48. The molecule has 2 aliphatic carbocycles. The molecule has 3 rings (SSSR count). The van der Waals surface area contributed by atoms with Crippen molar-refractivity contribution >= 4 is 5.91 Å². The van der Waals surface area contributed by atoms with Crippen molar-refractivity contribution in [2.75, 3.05) is 7.05 Å². The van der Waals surface area contributed by atoms with Gasteiger partial charge in [-0.05, 0) is 37.5 Å². The number of allylic oxidation sites excluding steroid dienone is 4. The molecular weight excluding hydrogens is 222 g/mol. The number of rotatable bonds is 2. The van der Waals surface area contributed by atoms with Gasteiger partial charge in [-0.2, -0.15) is 0 Å². The van der Waals surface area contributed by atoms with E-state index in [-0.39, 0.29) is 5.91 Å². The van der Waals surface area contributed by atoms with Crippen LogP contribution in [0.5, 0.6) is 0 Å². The quantitative estimate of drug-likeness (QED) is 0.776. The van der Waals surface area contributed by atoms with E-state index >= 15 is 0 Å². The fourth-order valence-electron chi connectivity index (χ4n) is 2.70. The van der Waals surface area contributed by atoms with Crippen LogP contribution in [0.2, 0.25) is 0 Å². The summed E-state index contributed by atoms with van der Waals surface area (Å²) in [4.78, 5) is 14.2. The van der Waals surface area contributed by atoms with Crippen molar-refractivity contribution in [1.29, 1.82) is 0 Å². The van der Waals surface area contributed by atoms with Crippen molar-refractivity contribution in [3.8, 4) is 0 Å². The van der Waals surface area contributed by atoms with Crippen molar-refractivity contribution < 1.29 is 4.79 Å². The molecule has 0 bridgehead atoms. The Hall–Kier alpha value is -1.83. The minimum absolute atomic E-state index is 0.0854. The Bertz CT molecular complexity index is 541. The molecule has 0 aliphatic heterocycles. The molecule has 1 amide bonds. The predicted octanol–water partition coefficient (Wildman–Crippen LogP) is 3.24. The van der Waals surface area contributed by atoms with Crippen molar-refractivity contribution in [2.45, 2.75) is 13.3 Å². The maximum absolute atomic E-state index is 12.4. The topological polar surface area (TPSA) is 20.3 Å². The SMILES string of the molecule is CC1=CC2CC2C(N(C)C(=O)c2ccccc2)=C1. The Balaban J connectivity index is 1.85. The molecule has 18 heavy (non-hydrogen) atoms. The van der Waals surface area contributed by atoms with Crippen LogP contribution in [0.25, 0.3) is 0 Å². The van der Waals surface area contributed by atoms with Gasteiger partial charge >= 0.3 is 0 Å². The van der Waals surface area contributed by atoms with E-state index in [2.05, 4.69) is 19.1 Å². The molecule has 1 aromatic rings. The summed E-state index contributed by atoms with van der Waals surface area (Å²) in [6.45, 7) is 2.11. The van der Waals surface area contributed by atoms with Gasteiger partial charge in [-0.25, -0.2) is 0 Å². The molecule has 2 aliphatic rings. The highest BCUT2D eigenvalue weighted by atomic mass is 16.2. The lowest BCUT2D eigenvalue weighted by Crippen LogP contribution is -2.28. The number of fused-ring (bicyclic) bond motifs is 1. The number of nitrogens with zero attached hydrogens (tertiary/aromatic N) is 1. The van der Waals surface area contributed by atoms with E-state index in [9.17, 15) is 4.79 Å². The maximum atomic E-state index is 12.4. The molecule has 92 valence electrons. The average Bonchev–Trinajstić information content (AvgIpc) is 3.16. The number of hydrogen-bond acceptors (Lipinski definition) is 1. The van der Waals surface area contributed by atoms with Gasteiger partial charge in [-0.15, -0.1) is 0 Å². The van der Waals surface area contributed by atoms with Crippen LogP contribution in [0.3, 0.4) is 0 Å². The van der Waals surface area contributed by atoms with Crippen molar-refractivity contribution in [3.05, 3.63) is 59.3 Å². The molecule has 2 nitrogen and oxygen atoms in total. The highest BCUT2D eigenvalue weighted by molar-refractivity contribution is 5.95. The fraction of sp³-hybridized carbons (Fsp3) is 0.312. The average molecular weight is 239 g/mol. The molecule has 0 heterocycles. The lowest BCUT2D eigenvalue weighted by molar-refractivity contribution is 0.0829. The van der Waals surface area contributed by atoms with Gasteiger partial charge in [0.05, 0.1) is 0 Å². The highest BCUT2D eigenvalue weighted by Crippen LogP contribution is 2.49. The summed E-state index contributed by atoms with van der Waals surface area (Å²) in [5.41, 5.74) is 3.20. The van der Waals surface area contributed by atoms with Gasteiger partial charge in [0.2, 0.25) is 0 Å². The third-order valence-electron chi connectivity index (χ3n) is 3.78. The van der Waals surface area contributed by atoms with E-state index < -0.39 is 0 Å². The molecule has 0 saturated heterocycles. The molecule has 0 radical (unpaired) electrons. The molecule has 1 saturated carbocycles. The van der Waals surface area contributed by atoms with E-state index in [0.717, 1.165) is 5.56 Å². The van der Waals surface area contributed by atoms with Gasteiger partial charge < -0.3 is 4.90 Å². The van der Waals surface area contributed by atoms with Gasteiger partial charge in [-0.1, -0.05) is 29.8 Å². The molecule has 2 atom stereocenters. The maximum Gasteiger partial charge on any atom is 0.257 e. The molecule has 1 fully saturated rings. The normalized spacial score (nSPS) is 24.8. The van der Waals surface area contributed by atoms with Crippen LogP contribution in [0.15, 0.2) is 53.8 Å². The zero-order valence-corrected chi connectivity index (χ0v) is 10.8. The Kier molecular flexibility index (Phi) is 2.58. The van der Waals surface area contributed by atoms with E-state index in [0.29, 0.717) is 11.8 Å². The summed E-state index contributed by atoms with van der Waals surface area (Å²) in [5, 5.41) is 0. The van der Waals surface area contributed by atoms with Crippen LogP contribution in [0, 0.1) is 11.8 Å². The summed E-state index contributed by atoms with van der Waals surface area (Å²) in [5.74, 6) is 1.31. The second-order valence-electron chi connectivity index (χ2n) is 5.22. The smallest absolute Gasteiger partial charge is 0.257 e. The summed E-state index contributed by atoms with van der Waals surface area (Å²) >= 11 is 0. The third kappa shape index (κ3) is 1.88. The zero-order chi connectivity index (χ0) is 12.7. The lowest BCUT2D eigenvalue weighted by Gasteiger charge is -2.23. The summed E-state index contributed by atoms with van der Waals surface area (Å²) in [6.07, 6.45) is 5.65. The summed E-state index contributed by atoms with van der Waals surface area (Å²) < 4.78 is 0. The van der Waals surface area contributed by atoms with Gasteiger partial charge in [0.15, 0.2) is 0 Å². The van der Waals surface area contributed by atoms with Crippen LogP contribution in [0.1, 0.15) is 23.7 Å². The first-order valence-corrected chi connectivity index (χ1v) is 6.40. The molecule has 0 spiro atoms.